The van der Waals surface area contributed by atoms with Crippen molar-refractivity contribution in [1.82, 2.24) is 5.32 Å². The fourth-order valence-corrected chi connectivity index (χ4v) is 2.77. The maximum Gasteiger partial charge on any atom is 0.306 e. The fourth-order valence-electron chi connectivity index (χ4n) is 2.77. The molecule has 0 atom stereocenters. The van der Waals surface area contributed by atoms with E-state index in [1.54, 1.807) is 30.3 Å². The summed E-state index contributed by atoms with van der Waals surface area (Å²) in [6, 6.07) is 10.6. The minimum Gasteiger partial charge on any atom is -0.490 e. The number of amides is 1. The Morgan fingerprint density at radius 1 is 0.967 bits per heavy atom. The maximum atomic E-state index is 12.8. The molecule has 0 spiro atoms. The third-order valence-corrected chi connectivity index (χ3v) is 4.39. The predicted octanol–water partition coefficient (Wildman–Crippen LogP) is 2.81. The van der Waals surface area contributed by atoms with Gasteiger partial charge in [-0.15, -0.1) is 0 Å². The molecule has 0 bridgehead atoms. The van der Waals surface area contributed by atoms with Crippen molar-refractivity contribution in [3.63, 3.8) is 0 Å². The number of Topliss-reactive ketones (excluding diaryl/α,β-unsaturated/α-hetero) is 1. The van der Waals surface area contributed by atoms with Gasteiger partial charge in [0.2, 0.25) is 0 Å². The van der Waals surface area contributed by atoms with Gasteiger partial charge in [-0.05, 0) is 35.9 Å². The molecule has 1 amide bonds. The molecule has 1 N–H and O–H groups in total. The molecule has 0 radical (unpaired) electrons. The average molecular weight is 415 g/mol. The quantitative estimate of drug-likeness (QED) is 0.527. The van der Waals surface area contributed by atoms with Crippen molar-refractivity contribution in [2.24, 2.45) is 0 Å². The Hall–Kier alpha value is -3.42. The largest absolute Gasteiger partial charge is 0.490 e. The van der Waals surface area contributed by atoms with E-state index in [9.17, 15) is 18.8 Å². The van der Waals surface area contributed by atoms with Crippen LogP contribution in [0.1, 0.15) is 35.2 Å². The highest BCUT2D eigenvalue weighted by Crippen LogP contribution is 2.30. The normalized spacial score (nSPS) is 12.6. The first-order valence-corrected chi connectivity index (χ1v) is 9.61. The highest BCUT2D eigenvalue weighted by atomic mass is 19.1. The van der Waals surface area contributed by atoms with Gasteiger partial charge in [0, 0.05) is 24.9 Å². The second-order valence-corrected chi connectivity index (χ2v) is 6.70. The molecule has 1 aliphatic rings. The van der Waals surface area contributed by atoms with Gasteiger partial charge >= 0.3 is 5.97 Å². The standard InChI is InChI=1S/C22H22FNO6/c23-17-5-2-15(3-6-17)13-24-21(26)14-30-22(27)9-7-18(25)16-4-8-19-20(12-16)29-11-1-10-28-19/h2-6,8,12H,1,7,9-11,13-14H2,(H,24,26). The molecular weight excluding hydrogens is 393 g/mol. The Labute approximate surface area is 173 Å². The summed E-state index contributed by atoms with van der Waals surface area (Å²) in [6.07, 6.45) is 0.579. The van der Waals surface area contributed by atoms with E-state index < -0.39 is 18.5 Å². The number of halogens is 1. The molecule has 30 heavy (non-hydrogen) atoms. The van der Waals surface area contributed by atoms with E-state index in [0.717, 1.165) is 12.0 Å². The van der Waals surface area contributed by atoms with Gasteiger partial charge in [-0.1, -0.05) is 12.1 Å². The summed E-state index contributed by atoms with van der Waals surface area (Å²) in [7, 11) is 0. The van der Waals surface area contributed by atoms with Gasteiger partial charge in [0.05, 0.1) is 19.6 Å². The number of benzene rings is 2. The van der Waals surface area contributed by atoms with E-state index in [-0.39, 0.29) is 31.0 Å². The third-order valence-electron chi connectivity index (χ3n) is 4.39. The monoisotopic (exact) mass is 415 g/mol. The van der Waals surface area contributed by atoms with E-state index in [1.165, 1.54) is 12.1 Å². The molecule has 0 saturated heterocycles. The van der Waals surface area contributed by atoms with Crippen molar-refractivity contribution in [2.75, 3.05) is 19.8 Å². The minimum atomic E-state index is -0.644. The summed E-state index contributed by atoms with van der Waals surface area (Å²) in [5, 5.41) is 2.57. The molecule has 2 aromatic rings. The van der Waals surface area contributed by atoms with Crippen LogP contribution >= 0.6 is 0 Å². The predicted molar refractivity (Wildman–Crippen MR) is 105 cm³/mol. The zero-order chi connectivity index (χ0) is 21.3. The summed E-state index contributed by atoms with van der Waals surface area (Å²) in [5.41, 5.74) is 1.14. The van der Waals surface area contributed by atoms with E-state index in [4.69, 9.17) is 14.2 Å². The van der Waals surface area contributed by atoms with Crippen molar-refractivity contribution in [3.05, 3.63) is 59.4 Å². The van der Waals surface area contributed by atoms with Gasteiger partial charge in [-0.25, -0.2) is 4.39 Å². The molecule has 7 nitrogen and oxygen atoms in total. The first-order chi connectivity index (χ1) is 14.5. The van der Waals surface area contributed by atoms with E-state index in [2.05, 4.69) is 5.32 Å². The molecular formula is C22H22FNO6. The zero-order valence-corrected chi connectivity index (χ0v) is 16.3. The highest BCUT2D eigenvalue weighted by Gasteiger charge is 2.16. The number of rotatable bonds is 8. The Balaban J connectivity index is 1.38. The molecule has 0 saturated carbocycles. The number of carbonyl (C=O) groups is 3. The average Bonchev–Trinajstić information content (AvgIpc) is 3.00. The lowest BCUT2D eigenvalue weighted by atomic mass is 10.1. The van der Waals surface area contributed by atoms with Crippen molar-refractivity contribution < 1.29 is 33.0 Å². The number of ketones is 1. The lowest BCUT2D eigenvalue weighted by Gasteiger charge is -2.09. The fraction of sp³-hybridized carbons (Fsp3) is 0.318. The van der Waals surface area contributed by atoms with Gasteiger partial charge in [-0.2, -0.15) is 0 Å². The SMILES string of the molecule is O=C(COC(=O)CCC(=O)c1ccc2c(c1)OCCCO2)NCc1ccc(F)cc1. The summed E-state index contributed by atoms with van der Waals surface area (Å²) in [5.74, 6) is -0.617. The second kappa shape index (κ2) is 10.4. The van der Waals surface area contributed by atoms with Crippen molar-refractivity contribution in [1.29, 1.82) is 0 Å². The van der Waals surface area contributed by atoms with Crippen LogP contribution in [-0.2, 0) is 20.9 Å². The molecule has 8 heteroatoms. The molecule has 3 rings (SSSR count). The topological polar surface area (TPSA) is 90.9 Å². The third kappa shape index (κ3) is 6.30. The number of esters is 1. The molecule has 1 heterocycles. The zero-order valence-electron chi connectivity index (χ0n) is 16.3. The first-order valence-electron chi connectivity index (χ1n) is 9.61. The van der Waals surface area contributed by atoms with Crippen LogP contribution in [0.4, 0.5) is 4.39 Å². The molecule has 158 valence electrons. The van der Waals surface area contributed by atoms with Crippen LogP contribution in [0, 0.1) is 5.82 Å². The summed E-state index contributed by atoms with van der Waals surface area (Å²) in [4.78, 5) is 35.9. The number of carbonyl (C=O) groups excluding carboxylic acids is 3. The van der Waals surface area contributed by atoms with Gasteiger partial charge < -0.3 is 19.5 Å². The van der Waals surface area contributed by atoms with Crippen LogP contribution in [0.2, 0.25) is 0 Å². The van der Waals surface area contributed by atoms with Crippen LogP contribution in [-0.4, -0.2) is 37.5 Å². The Kier molecular flexibility index (Phi) is 7.37. The first kappa shape index (κ1) is 21.3. The van der Waals surface area contributed by atoms with Crippen LogP contribution in [0.5, 0.6) is 11.5 Å². The van der Waals surface area contributed by atoms with Crippen molar-refractivity contribution in [3.8, 4) is 11.5 Å². The molecule has 0 aliphatic carbocycles. The lowest BCUT2D eigenvalue weighted by Crippen LogP contribution is -2.28. The number of nitrogens with one attached hydrogen (secondary N) is 1. The Morgan fingerprint density at radius 3 is 2.47 bits per heavy atom. The Morgan fingerprint density at radius 2 is 1.70 bits per heavy atom. The smallest absolute Gasteiger partial charge is 0.306 e. The van der Waals surface area contributed by atoms with E-state index in [1.807, 2.05) is 0 Å². The molecule has 0 aromatic heterocycles. The molecule has 2 aromatic carbocycles. The minimum absolute atomic E-state index is 0.0460. The molecule has 0 unspecified atom stereocenters. The van der Waals surface area contributed by atoms with Crippen molar-refractivity contribution >= 4 is 17.7 Å². The van der Waals surface area contributed by atoms with Crippen LogP contribution in [0.15, 0.2) is 42.5 Å². The highest BCUT2D eigenvalue weighted by molar-refractivity contribution is 5.98. The lowest BCUT2D eigenvalue weighted by molar-refractivity contribution is -0.148. The summed E-state index contributed by atoms with van der Waals surface area (Å²) >= 11 is 0. The van der Waals surface area contributed by atoms with Crippen LogP contribution in [0.25, 0.3) is 0 Å². The van der Waals surface area contributed by atoms with Crippen LogP contribution < -0.4 is 14.8 Å². The van der Waals surface area contributed by atoms with Gasteiger partial charge in [0.1, 0.15) is 5.82 Å². The molecule has 0 fully saturated rings. The Bertz CT molecular complexity index is 912. The van der Waals surface area contributed by atoms with Gasteiger partial charge in [0.25, 0.3) is 5.91 Å². The summed E-state index contributed by atoms with van der Waals surface area (Å²) < 4.78 is 28.8. The van der Waals surface area contributed by atoms with Gasteiger partial charge in [-0.3, -0.25) is 14.4 Å². The van der Waals surface area contributed by atoms with E-state index in [0.29, 0.717) is 30.3 Å². The second-order valence-electron chi connectivity index (χ2n) is 6.70. The van der Waals surface area contributed by atoms with Crippen LogP contribution in [0.3, 0.4) is 0 Å². The summed E-state index contributed by atoms with van der Waals surface area (Å²) in [6.45, 7) is 0.821. The number of hydrogen-bond donors (Lipinski definition) is 1. The van der Waals surface area contributed by atoms with Crippen molar-refractivity contribution in [2.45, 2.75) is 25.8 Å². The number of fused-ring (bicyclic) bond motifs is 1. The number of hydrogen-bond acceptors (Lipinski definition) is 6. The maximum absolute atomic E-state index is 12.8. The van der Waals surface area contributed by atoms with Gasteiger partial charge in [0.15, 0.2) is 23.9 Å². The molecule has 1 aliphatic heterocycles. The number of ether oxygens (including phenoxy) is 3. The van der Waals surface area contributed by atoms with E-state index >= 15 is 0 Å².